The second kappa shape index (κ2) is 8.09. The first-order valence-corrected chi connectivity index (χ1v) is 11.3. The number of fused-ring (bicyclic) bond motifs is 1. The van der Waals surface area contributed by atoms with E-state index in [1.165, 1.54) is 18.4 Å². The number of pyridine rings is 1. The molecule has 3 aromatic heterocycles. The van der Waals surface area contributed by atoms with Crippen molar-refractivity contribution in [1.29, 1.82) is 0 Å². The van der Waals surface area contributed by atoms with Gasteiger partial charge in [0.2, 0.25) is 16.0 Å². The minimum Gasteiger partial charge on any atom is -0.343 e. The van der Waals surface area contributed by atoms with Gasteiger partial charge in [-0.15, -0.1) is 0 Å². The van der Waals surface area contributed by atoms with E-state index in [1.54, 1.807) is 36.7 Å². The first-order chi connectivity index (χ1) is 14.8. The van der Waals surface area contributed by atoms with Gasteiger partial charge in [-0.2, -0.15) is 0 Å². The molecule has 8 nitrogen and oxygen atoms in total. The zero-order chi connectivity index (χ0) is 22.2. The first-order valence-electron chi connectivity index (χ1n) is 9.85. The number of aromatic nitrogens is 4. The summed E-state index contributed by atoms with van der Waals surface area (Å²) in [6.07, 6.45) is 7.39. The predicted molar refractivity (Wildman–Crippen MR) is 122 cm³/mol. The monoisotopic (exact) mass is 436 g/mol. The number of rotatable bonds is 6. The number of nitrogens with one attached hydrogen (secondary N) is 1. The largest absolute Gasteiger partial charge is 0.343 e. The van der Waals surface area contributed by atoms with Crippen molar-refractivity contribution < 1.29 is 8.42 Å². The third kappa shape index (κ3) is 4.01. The lowest BCUT2D eigenvalue weighted by Gasteiger charge is -2.12. The molecule has 0 aliphatic carbocycles. The van der Waals surface area contributed by atoms with Gasteiger partial charge < -0.3 is 9.88 Å². The summed E-state index contributed by atoms with van der Waals surface area (Å²) in [4.78, 5) is 13.4. The van der Waals surface area contributed by atoms with Gasteiger partial charge in [0.15, 0.2) is 0 Å². The lowest BCUT2D eigenvalue weighted by molar-refractivity contribution is 0.521. The standard InChI is InChI=1S/C22H24N6O2S/c1-15(2)28-14-19(18-8-10-23-13-21(18)28)20-9-11-24-22(26-20)25-16-6-5-7-17(12-16)31(29,30)27(3)4/h5-15H,1-4H3,(H,24,25,26). The molecule has 0 bridgehead atoms. The molecule has 0 saturated heterocycles. The molecule has 0 radical (unpaired) electrons. The predicted octanol–water partition coefficient (Wildman–Crippen LogP) is 4.07. The molecule has 4 aromatic rings. The van der Waals surface area contributed by atoms with E-state index in [2.05, 4.69) is 44.9 Å². The topological polar surface area (TPSA) is 93.0 Å². The van der Waals surface area contributed by atoms with Crippen molar-refractivity contribution in [3.05, 3.63) is 61.2 Å². The van der Waals surface area contributed by atoms with E-state index in [4.69, 9.17) is 0 Å². The van der Waals surface area contributed by atoms with Gasteiger partial charge >= 0.3 is 0 Å². The third-order valence-electron chi connectivity index (χ3n) is 4.99. The highest BCUT2D eigenvalue weighted by molar-refractivity contribution is 7.89. The van der Waals surface area contributed by atoms with Gasteiger partial charge in [-0.1, -0.05) is 6.07 Å². The van der Waals surface area contributed by atoms with Crippen LogP contribution in [-0.2, 0) is 10.0 Å². The Balaban J connectivity index is 1.71. The van der Waals surface area contributed by atoms with Crippen LogP contribution in [0.4, 0.5) is 11.6 Å². The quantitative estimate of drug-likeness (QED) is 0.490. The number of nitrogens with zero attached hydrogens (tertiary/aromatic N) is 5. The van der Waals surface area contributed by atoms with Gasteiger partial charge in [-0.25, -0.2) is 22.7 Å². The fourth-order valence-corrected chi connectivity index (χ4v) is 4.32. The molecule has 0 fully saturated rings. The molecule has 0 aliphatic heterocycles. The number of anilines is 2. The summed E-state index contributed by atoms with van der Waals surface area (Å²) in [6.45, 7) is 4.25. The molecule has 3 heterocycles. The highest BCUT2D eigenvalue weighted by Crippen LogP contribution is 2.31. The fourth-order valence-electron chi connectivity index (χ4n) is 3.37. The van der Waals surface area contributed by atoms with E-state index in [0.717, 1.165) is 22.2 Å². The van der Waals surface area contributed by atoms with Crippen molar-refractivity contribution >= 4 is 32.6 Å². The Morgan fingerprint density at radius 2 is 1.90 bits per heavy atom. The van der Waals surface area contributed by atoms with E-state index in [9.17, 15) is 8.42 Å². The van der Waals surface area contributed by atoms with Crippen molar-refractivity contribution in [3.8, 4) is 11.3 Å². The summed E-state index contributed by atoms with van der Waals surface area (Å²) < 4.78 is 28.2. The normalized spacial score (nSPS) is 12.1. The number of hydrogen-bond donors (Lipinski definition) is 1. The molecule has 0 atom stereocenters. The van der Waals surface area contributed by atoms with E-state index < -0.39 is 10.0 Å². The molecule has 0 spiro atoms. The van der Waals surface area contributed by atoms with Gasteiger partial charge in [0, 0.05) is 55.4 Å². The van der Waals surface area contributed by atoms with E-state index in [1.807, 2.05) is 18.3 Å². The highest BCUT2D eigenvalue weighted by Gasteiger charge is 2.18. The van der Waals surface area contributed by atoms with Crippen LogP contribution >= 0.6 is 0 Å². The molecular weight excluding hydrogens is 412 g/mol. The summed E-state index contributed by atoms with van der Waals surface area (Å²) in [5.74, 6) is 0.386. The average molecular weight is 437 g/mol. The molecule has 0 saturated carbocycles. The maximum Gasteiger partial charge on any atom is 0.242 e. The van der Waals surface area contributed by atoms with Crippen LogP contribution in [0.5, 0.6) is 0 Å². The third-order valence-corrected chi connectivity index (χ3v) is 6.80. The molecule has 4 rings (SSSR count). The molecule has 1 aromatic carbocycles. The molecule has 0 unspecified atom stereocenters. The summed E-state index contributed by atoms with van der Waals surface area (Å²) in [6, 6.07) is 10.7. The minimum atomic E-state index is -3.53. The lowest BCUT2D eigenvalue weighted by atomic mass is 10.1. The van der Waals surface area contributed by atoms with Crippen LogP contribution in [0.3, 0.4) is 0 Å². The highest BCUT2D eigenvalue weighted by atomic mass is 32.2. The van der Waals surface area contributed by atoms with Crippen LogP contribution in [0.2, 0.25) is 0 Å². The number of benzene rings is 1. The van der Waals surface area contributed by atoms with Crippen LogP contribution in [-0.4, -0.2) is 46.3 Å². The second-order valence-electron chi connectivity index (χ2n) is 7.64. The minimum absolute atomic E-state index is 0.200. The zero-order valence-corrected chi connectivity index (χ0v) is 18.6. The Labute approximate surface area is 181 Å². The maximum atomic E-state index is 12.4. The molecule has 9 heteroatoms. The Kier molecular flexibility index (Phi) is 5.47. The number of hydrogen-bond acceptors (Lipinski definition) is 6. The van der Waals surface area contributed by atoms with Gasteiger partial charge in [0.1, 0.15) is 0 Å². The fraction of sp³-hybridized carbons (Fsp3) is 0.227. The smallest absolute Gasteiger partial charge is 0.242 e. The molecule has 1 N–H and O–H groups in total. The Bertz CT molecular complexity index is 1350. The molecule has 0 amide bonds. The van der Waals surface area contributed by atoms with Crippen LogP contribution < -0.4 is 5.32 Å². The second-order valence-corrected chi connectivity index (χ2v) is 9.79. The zero-order valence-electron chi connectivity index (χ0n) is 17.8. The van der Waals surface area contributed by atoms with Crippen LogP contribution in [0.1, 0.15) is 19.9 Å². The number of sulfonamides is 1. The Morgan fingerprint density at radius 3 is 2.65 bits per heavy atom. The Morgan fingerprint density at radius 1 is 1.10 bits per heavy atom. The van der Waals surface area contributed by atoms with Crippen molar-refractivity contribution in [2.75, 3.05) is 19.4 Å². The lowest BCUT2D eigenvalue weighted by Crippen LogP contribution is -2.22. The summed E-state index contributed by atoms with van der Waals surface area (Å²) in [5.41, 5.74) is 3.39. The van der Waals surface area contributed by atoms with Gasteiger partial charge in [0.05, 0.1) is 22.3 Å². The van der Waals surface area contributed by atoms with Crippen LogP contribution in [0.15, 0.2) is 66.1 Å². The molecular formula is C22H24N6O2S. The van der Waals surface area contributed by atoms with Gasteiger partial charge in [0.25, 0.3) is 0 Å². The summed E-state index contributed by atoms with van der Waals surface area (Å²) in [7, 11) is -0.519. The van der Waals surface area contributed by atoms with Crippen LogP contribution in [0.25, 0.3) is 22.2 Å². The van der Waals surface area contributed by atoms with Crippen molar-refractivity contribution in [3.63, 3.8) is 0 Å². The van der Waals surface area contributed by atoms with E-state index >= 15 is 0 Å². The SMILES string of the molecule is CC(C)n1cc(-c2ccnc(Nc3cccc(S(=O)(=O)N(C)C)c3)n2)c2ccncc21. The van der Waals surface area contributed by atoms with E-state index in [0.29, 0.717) is 11.6 Å². The molecule has 0 aliphatic rings. The van der Waals surface area contributed by atoms with Crippen LogP contribution in [0, 0.1) is 0 Å². The van der Waals surface area contributed by atoms with Crippen molar-refractivity contribution in [1.82, 2.24) is 23.8 Å². The molecule has 31 heavy (non-hydrogen) atoms. The van der Waals surface area contributed by atoms with Gasteiger partial charge in [-0.3, -0.25) is 4.98 Å². The van der Waals surface area contributed by atoms with Gasteiger partial charge in [-0.05, 0) is 44.2 Å². The maximum absolute atomic E-state index is 12.4. The average Bonchev–Trinajstić information content (AvgIpc) is 3.14. The first kappa shape index (κ1) is 21.0. The van der Waals surface area contributed by atoms with E-state index in [-0.39, 0.29) is 10.9 Å². The summed E-state index contributed by atoms with van der Waals surface area (Å²) in [5, 5.41) is 4.18. The van der Waals surface area contributed by atoms with Crippen molar-refractivity contribution in [2.24, 2.45) is 0 Å². The molecule has 160 valence electrons. The Hall–Kier alpha value is -3.30. The van der Waals surface area contributed by atoms with Crippen molar-refractivity contribution in [2.45, 2.75) is 24.8 Å². The summed E-state index contributed by atoms with van der Waals surface area (Å²) >= 11 is 0.